The first-order valence-corrected chi connectivity index (χ1v) is 6.44. The summed E-state index contributed by atoms with van der Waals surface area (Å²) >= 11 is 0. The van der Waals surface area contributed by atoms with Crippen LogP contribution in [0.4, 0.5) is 0 Å². The Kier molecular flexibility index (Phi) is 6.28. The average Bonchev–Trinajstić information content (AvgIpc) is 2.27. The minimum atomic E-state index is 0.654. The number of hydrogen-bond acceptors (Lipinski definition) is 4. The van der Waals surface area contributed by atoms with E-state index in [4.69, 9.17) is 5.73 Å². The van der Waals surface area contributed by atoms with Gasteiger partial charge in [0.15, 0.2) is 0 Å². The Morgan fingerprint density at radius 3 is 2.31 bits per heavy atom. The number of likely N-dealkylation sites (N-methyl/N-ethyl adjacent to an activating group) is 1. The van der Waals surface area contributed by atoms with E-state index in [2.05, 4.69) is 35.7 Å². The Morgan fingerprint density at radius 1 is 1.19 bits per heavy atom. The van der Waals surface area contributed by atoms with Crippen molar-refractivity contribution >= 4 is 0 Å². The van der Waals surface area contributed by atoms with Gasteiger partial charge in [0.05, 0.1) is 0 Å². The van der Waals surface area contributed by atoms with Gasteiger partial charge >= 0.3 is 0 Å². The average molecular weight is 228 g/mol. The zero-order valence-corrected chi connectivity index (χ0v) is 11.2. The van der Waals surface area contributed by atoms with Crippen molar-refractivity contribution in [3.63, 3.8) is 0 Å². The van der Waals surface area contributed by atoms with Gasteiger partial charge in [0.1, 0.15) is 0 Å². The van der Waals surface area contributed by atoms with Crippen LogP contribution in [0.5, 0.6) is 0 Å². The molecule has 1 saturated heterocycles. The molecule has 1 fully saturated rings. The fourth-order valence-corrected chi connectivity index (χ4v) is 2.19. The molecule has 0 spiro atoms. The van der Waals surface area contributed by atoms with Gasteiger partial charge in [-0.15, -0.1) is 0 Å². The minimum Gasteiger partial charge on any atom is -0.330 e. The van der Waals surface area contributed by atoms with Crippen LogP contribution in [0.2, 0.25) is 0 Å². The lowest BCUT2D eigenvalue weighted by Gasteiger charge is -2.38. The third-order valence-electron chi connectivity index (χ3n) is 3.48. The summed E-state index contributed by atoms with van der Waals surface area (Å²) in [6, 6.07) is 0.654. The molecule has 1 atom stereocenters. The molecule has 96 valence electrons. The zero-order valence-electron chi connectivity index (χ0n) is 11.2. The van der Waals surface area contributed by atoms with E-state index in [-0.39, 0.29) is 0 Å². The van der Waals surface area contributed by atoms with E-state index >= 15 is 0 Å². The van der Waals surface area contributed by atoms with Crippen molar-refractivity contribution in [2.45, 2.75) is 19.4 Å². The van der Waals surface area contributed by atoms with E-state index in [9.17, 15) is 0 Å². The molecule has 0 amide bonds. The molecule has 1 aliphatic rings. The van der Waals surface area contributed by atoms with Gasteiger partial charge in [-0.05, 0) is 34.0 Å². The summed E-state index contributed by atoms with van der Waals surface area (Å²) in [4.78, 5) is 7.38. The first-order chi connectivity index (χ1) is 7.63. The van der Waals surface area contributed by atoms with E-state index in [1.54, 1.807) is 0 Å². The third-order valence-corrected chi connectivity index (χ3v) is 3.48. The molecule has 1 heterocycles. The Balaban J connectivity index is 2.18. The molecule has 1 aliphatic heterocycles. The van der Waals surface area contributed by atoms with E-state index in [1.165, 1.54) is 39.3 Å². The molecule has 1 unspecified atom stereocenters. The smallest absolute Gasteiger partial charge is 0.0113 e. The molecule has 0 aromatic rings. The van der Waals surface area contributed by atoms with Crippen molar-refractivity contribution in [3.05, 3.63) is 0 Å². The van der Waals surface area contributed by atoms with Crippen molar-refractivity contribution in [1.29, 1.82) is 0 Å². The highest BCUT2D eigenvalue weighted by molar-refractivity contribution is 4.76. The first-order valence-electron chi connectivity index (χ1n) is 6.44. The molecule has 0 saturated carbocycles. The number of piperazine rings is 1. The Labute approximate surface area is 100 Å². The predicted molar refractivity (Wildman–Crippen MR) is 69.7 cm³/mol. The van der Waals surface area contributed by atoms with Crippen LogP contribution in [0.25, 0.3) is 0 Å². The van der Waals surface area contributed by atoms with Crippen LogP contribution in [0.15, 0.2) is 0 Å². The lowest BCUT2D eigenvalue weighted by Crippen LogP contribution is -2.51. The van der Waals surface area contributed by atoms with Gasteiger partial charge in [-0.2, -0.15) is 0 Å². The Hall–Kier alpha value is -0.160. The lowest BCUT2D eigenvalue weighted by atomic mass is 10.1. The standard InChI is InChI=1S/C12H28N4/c1-12(4-5-13)16-10-8-15(9-11-16)7-6-14(2)3/h12H,4-11,13H2,1-3H3. The highest BCUT2D eigenvalue weighted by Crippen LogP contribution is 2.08. The normalized spacial score (nSPS) is 21.6. The summed E-state index contributed by atoms with van der Waals surface area (Å²) < 4.78 is 0. The Bertz CT molecular complexity index is 176. The fourth-order valence-electron chi connectivity index (χ4n) is 2.19. The number of nitrogens with two attached hydrogens (primary N) is 1. The summed E-state index contributed by atoms with van der Waals surface area (Å²) in [6.45, 7) is 10.3. The third kappa shape index (κ3) is 4.78. The molecule has 4 nitrogen and oxygen atoms in total. The van der Waals surface area contributed by atoms with Gasteiger partial charge < -0.3 is 10.6 Å². The summed E-state index contributed by atoms with van der Waals surface area (Å²) in [5, 5.41) is 0. The van der Waals surface area contributed by atoms with Gasteiger partial charge in [0.2, 0.25) is 0 Å². The molecule has 0 bridgehead atoms. The van der Waals surface area contributed by atoms with Crippen molar-refractivity contribution in [2.75, 3.05) is 59.9 Å². The summed E-state index contributed by atoms with van der Waals surface area (Å²) in [5.74, 6) is 0. The van der Waals surface area contributed by atoms with E-state index in [1.807, 2.05) is 0 Å². The molecular weight excluding hydrogens is 200 g/mol. The topological polar surface area (TPSA) is 35.7 Å². The van der Waals surface area contributed by atoms with Gasteiger partial charge in [-0.1, -0.05) is 0 Å². The van der Waals surface area contributed by atoms with Crippen LogP contribution in [-0.4, -0.2) is 80.7 Å². The van der Waals surface area contributed by atoms with E-state index in [0.29, 0.717) is 6.04 Å². The van der Waals surface area contributed by atoms with E-state index in [0.717, 1.165) is 13.0 Å². The molecule has 0 radical (unpaired) electrons. The maximum absolute atomic E-state index is 5.60. The van der Waals surface area contributed by atoms with Crippen molar-refractivity contribution < 1.29 is 0 Å². The van der Waals surface area contributed by atoms with Crippen molar-refractivity contribution in [1.82, 2.24) is 14.7 Å². The molecule has 2 N–H and O–H groups in total. The maximum Gasteiger partial charge on any atom is 0.0113 e. The zero-order chi connectivity index (χ0) is 12.0. The highest BCUT2D eigenvalue weighted by Gasteiger charge is 2.20. The molecule has 0 aromatic carbocycles. The quantitative estimate of drug-likeness (QED) is 0.689. The molecular formula is C12H28N4. The van der Waals surface area contributed by atoms with Crippen LogP contribution in [-0.2, 0) is 0 Å². The summed E-state index contributed by atoms with van der Waals surface area (Å²) in [7, 11) is 4.28. The second kappa shape index (κ2) is 7.22. The monoisotopic (exact) mass is 228 g/mol. The van der Waals surface area contributed by atoms with Gasteiger partial charge in [-0.3, -0.25) is 9.80 Å². The lowest BCUT2D eigenvalue weighted by molar-refractivity contribution is 0.0952. The van der Waals surface area contributed by atoms with Crippen LogP contribution in [0.3, 0.4) is 0 Å². The van der Waals surface area contributed by atoms with Crippen LogP contribution < -0.4 is 5.73 Å². The van der Waals surface area contributed by atoms with Crippen molar-refractivity contribution in [2.24, 2.45) is 5.73 Å². The number of hydrogen-bond donors (Lipinski definition) is 1. The van der Waals surface area contributed by atoms with Gasteiger partial charge in [-0.25, -0.2) is 0 Å². The highest BCUT2D eigenvalue weighted by atomic mass is 15.3. The molecule has 1 rings (SSSR count). The van der Waals surface area contributed by atoms with Crippen LogP contribution in [0, 0.1) is 0 Å². The van der Waals surface area contributed by atoms with Crippen LogP contribution in [0.1, 0.15) is 13.3 Å². The molecule has 0 aliphatic carbocycles. The number of rotatable bonds is 6. The SMILES string of the molecule is CC(CCN)N1CCN(CCN(C)C)CC1. The van der Waals surface area contributed by atoms with Crippen molar-refractivity contribution in [3.8, 4) is 0 Å². The number of nitrogens with zero attached hydrogens (tertiary/aromatic N) is 3. The molecule has 4 heteroatoms. The van der Waals surface area contributed by atoms with E-state index < -0.39 is 0 Å². The predicted octanol–water partition coefficient (Wildman–Crippen LogP) is -0.0971. The summed E-state index contributed by atoms with van der Waals surface area (Å²) in [5.41, 5.74) is 5.60. The van der Waals surface area contributed by atoms with Crippen LogP contribution >= 0.6 is 0 Å². The Morgan fingerprint density at radius 2 is 1.81 bits per heavy atom. The minimum absolute atomic E-state index is 0.654. The molecule has 0 aromatic heterocycles. The first kappa shape index (κ1) is 13.9. The summed E-state index contributed by atoms with van der Waals surface area (Å²) in [6.07, 6.45) is 1.12. The fraction of sp³-hybridized carbons (Fsp3) is 1.00. The maximum atomic E-state index is 5.60. The largest absolute Gasteiger partial charge is 0.330 e. The van der Waals surface area contributed by atoms with Gasteiger partial charge in [0.25, 0.3) is 0 Å². The van der Waals surface area contributed by atoms with Gasteiger partial charge in [0, 0.05) is 45.3 Å². The second-order valence-corrected chi connectivity index (χ2v) is 5.11. The molecule has 16 heavy (non-hydrogen) atoms. The second-order valence-electron chi connectivity index (χ2n) is 5.11.